The Balaban J connectivity index is 1.79. The molecule has 0 unspecified atom stereocenters. The molecule has 0 saturated heterocycles. The van der Waals surface area contributed by atoms with Crippen molar-refractivity contribution in [2.24, 2.45) is 0 Å². The molecule has 0 aliphatic heterocycles. The van der Waals surface area contributed by atoms with Crippen molar-refractivity contribution in [2.75, 3.05) is 11.9 Å². The molecule has 3 aromatic rings. The predicted molar refractivity (Wildman–Crippen MR) is 87.3 cm³/mol. The topological polar surface area (TPSA) is 51.2 Å². The standard InChI is InChI=1S/C18H13F3N2O2/c19-18(20,21)12-6-7-15-14(10-12)16(8-9-22-15)23-17(24)11-25-13-4-2-1-3-5-13/h1-10H,11H2,(H,22,23,24). The lowest BCUT2D eigenvalue weighted by molar-refractivity contribution is -0.137. The van der Waals surface area contributed by atoms with Gasteiger partial charge in [-0.3, -0.25) is 9.78 Å². The van der Waals surface area contributed by atoms with E-state index in [4.69, 9.17) is 4.74 Å². The van der Waals surface area contributed by atoms with Gasteiger partial charge in [-0.1, -0.05) is 18.2 Å². The molecule has 1 amide bonds. The third-order valence-corrected chi connectivity index (χ3v) is 3.46. The Kier molecular flexibility index (Phi) is 4.56. The average molecular weight is 346 g/mol. The third-order valence-electron chi connectivity index (χ3n) is 3.46. The Hall–Kier alpha value is -3.09. The molecule has 2 aromatic carbocycles. The highest BCUT2D eigenvalue weighted by Gasteiger charge is 2.30. The molecule has 1 aromatic heterocycles. The number of para-hydroxylation sites is 1. The van der Waals surface area contributed by atoms with E-state index in [1.54, 1.807) is 24.3 Å². The third kappa shape index (κ3) is 4.06. The van der Waals surface area contributed by atoms with E-state index in [-0.39, 0.29) is 17.7 Å². The van der Waals surface area contributed by atoms with Gasteiger partial charge in [0.1, 0.15) is 5.75 Å². The van der Waals surface area contributed by atoms with Crippen LogP contribution in [-0.4, -0.2) is 17.5 Å². The number of carbonyl (C=O) groups excluding carboxylic acids is 1. The van der Waals surface area contributed by atoms with Crippen LogP contribution in [0.3, 0.4) is 0 Å². The van der Waals surface area contributed by atoms with Crippen LogP contribution < -0.4 is 10.1 Å². The average Bonchev–Trinajstić information content (AvgIpc) is 2.60. The second-order valence-electron chi connectivity index (χ2n) is 5.24. The van der Waals surface area contributed by atoms with Gasteiger partial charge in [0.05, 0.1) is 16.8 Å². The zero-order valence-corrected chi connectivity index (χ0v) is 12.9. The van der Waals surface area contributed by atoms with Crippen molar-refractivity contribution < 1.29 is 22.7 Å². The minimum Gasteiger partial charge on any atom is -0.484 e. The monoisotopic (exact) mass is 346 g/mol. The van der Waals surface area contributed by atoms with Gasteiger partial charge in [-0.15, -0.1) is 0 Å². The maximum Gasteiger partial charge on any atom is 0.416 e. The van der Waals surface area contributed by atoms with E-state index >= 15 is 0 Å². The van der Waals surface area contributed by atoms with Crippen molar-refractivity contribution in [1.29, 1.82) is 0 Å². The number of anilines is 1. The van der Waals surface area contributed by atoms with Crippen LogP contribution in [0.2, 0.25) is 0 Å². The van der Waals surface area contributed by atoms with Crippen LogP contribution in [0.4, 0.5) is 18.9 Å². The minimum atomic E-state index is -4.47. The molecule has 7 heteroatoms. The van der Waals surface area contributed by atoms with Crippen LogP contribution in [0.1, 0.15) is 5.56 Å². The van der Waals surface area contributed by atoms with Crippen molar-refractivity contribution >= 4 is 22.5 Å². The van der Waals surface area contributed by atoms with Crippen LogP contribution >= 0.6 is 0 Å². The molecule has 3 rings (SSSR count). The highest BCUT2D eigenvalue weighted by atomic mass is 19.4. The molecule has 4 nitrogen and oxygen atoms in total. The fourth-order valence-electron chi connectivity index (χ4n) is 2.28. The summed E-state index contributed by atoms with van der Waals surface area (Å²) in [6.07, 6.45) is -3.05. The molecule has 0 saturated carbocycles. The summed E-state index contributed by atoms with van der Waals surface area (Å²) in [5.41, 5.74) is -0.198. The molecule has 128 valence electrons. The lowest BCUT2D eigenvalue weighted by Gasteiger charge is -2.12. The van der Waals surface area contributed by atoms with Gasteiger partial charge in [0.2, 0.25) is 0 Å². The van der Waals surface area contributed by atoms with Crippen LogP contribution in [0.25, 0.3) is 10.9 Å². The molecule has 25 heavy (non-hydrogen) atoms. The number of halogens is 3. The first-order valence-electron chi connectivity index (χ1n) is 7.37. The molecule has 0 atom stereocenters. The minimum absolute atomic E-state index is 0.213. The van der Waals surface area contributed by atoms with Crippen LogP contribution in [0.15, 0.2) is 60.8 Å². The summed E-state index contributed by atoms with van der Waals surface area (Å²) < 4.78 is 44.0. The van der Waals surface area contributed by atoms with E-state index in [1.807, 2.05) is 6.07 Å². The summed E-state index contributed by atoms with van der Waals surface area (Å²) in [6, 6.07) is 13.4. The lowest BCUT2D eigenvalue weighted by atomic mass is 10.1. The van der Waals surface area contributed by atoms with E-state index in [0.29, 0.717) is 11.3 Å². The first-order valence-corrected chi connectivity index (χ1v) is 7.37. The van der Waals surface area contributed by atoms with Crippen molar-refractivity contribution in [1.82, 2.24) is 4.98 Å². The van der Waals surface area contributed by atoms with Gasteiger partial charge in [0, 0.05) is 11.6 Å². The Morgan fingerprint density at radius 3 is 2.56 bits per heavy atom. The maximum atomic E-state index is 12.9. The lowest BCUT2D eigenvalue weighted by Crippen LogP contribution is -2.20. The maximum absolute atomic E-state index is 12.9. The number of fused-ring (bicyclic) bond motifs is 1. The SMILES string of the molecule is O=C(COc1ccccc1)Nc1ccnc2ccc(C(F)(F)F)cc12. The van der Waals surface area contributed by atoms with Gasteiger partial charge in [0.25, 0.3) is 5.91 Å². The molecule has 0 fully saturated rings. The highest BCUT2D eigenvalue weighted by Crippen LogP contribution is 2.33. The van der Waals surface area contributed by atoms with E-state index in [0.717, 1.165) is 12.1 Å². The number of pyridine rings is 1. The van der Waals surface area contributed by atoms with Crippen LogP contribution in [0.5, 0.6) is 5.75 Å². The Morgan fingerprint density at radius 1 is 1.08 bits per heavy atom. The number of hydrogen-bond acceptors (Lipinski definition) is 3. The second kappa shape index (κ2) is 6.80. The quantitative estimate of drug-likeness (QED) is 0.767. The summed E-state index contributed by atoms with van der Waals surface area (Å²) in [7, 11) is 0. The number of alkyl halides is 3. The molecule has 0 aliphatic carbocycles. The van der Waals surface area contributed by atoms with Gasteiger partial charge >= 0.3 is 6.18 Å². The molecule has 0 spiro atoms. The van der Waals surface area contributed by atoms with Crippen LogP contribution in [-0.2, 0) is 11.0 Å². The zero-order chi connectivity index (χ0) is 17.9. The number of rotatable bonds is 4. The fourth-order valence-corrected chi connectivity index (χ4v) is 2.28. The summed E-state index contributed by atoms with van der Waals surface area (Å²) >= 11 is 0. The van der Waals surface area contributed by atoms with Gasteiger partial charge in [-0.2, -0.15) is 13.2 Å². The zero-order valence-electron chi connectivity index (χ0n) is 12.9. The van der Waals surface area contributed by atoms with Crippen LogP contribution in [0, 0.1) is 0 Å². The van der Waals surface area contributed by atoms with Gasteiger partial charge in [-0.25, -0.2) is 0 Å². The van der Waals surface area contributed by atoms with Crippen molar-refractivity contribution in [3.8, 4) is 5.75 Å². The van der Waals surface area contributed by atoms with E-state index in [2.05, 4.69) is 10.3 Å². The van der Waals surface area contributed by atoms with Gasteiger partial charge in [0.15, 0.2) is 6.61 Å². The first-order chi connectivity index (χ1) is 11.9. The van der Waals surface area contributed by atoms with E-state index in [9.17, 15) is 18.0 Å². The summed E-state index contributed by atoms with van der Waals surface area (Å²) in [6.45, 7) is -0.257. The Bertz CT molecular complexity index is 896. The van der Waals surface area contributed by atoms with E-state index in [1.165, 1.54) is 18.3 Å². The normalized spacial score (nSPS) is 11.3. The van der Waals surface area contributed by atoms with Crippen molar-refractivity contribution in [3.63, 3.8) is 0 Å². The van der Waals surface area contributed by atoms with Crippen molar-refractivity contribution in [3.05, 3.63) is 66.4 Å². The molecule has 1 N–H and O–H groups in total. The largest absolute Gasteiger partial charge is 0.484 e. The summed E-state index contributed by atoms with van der Waals surface area (Å²) in [5.74, 6) is 0.0466. The second-order valence-corrected chi connectivity index (χ2v) is 5.24. The number of benzene rings is 2. The number of ether oxygens (including phenoxy) is 1. The molecule has 1 heterocycles. The molecule has 0 bridgehead atoms. The molecular formula is C18H13F3N2O2. The highest BCUT2D eigenvalue weighted by molar-refractivity contribution is 6.01. The summed E-state index contributed by atoms with van der Waals surface area (Å²) in [5, 5.41) is 2.78. The Morgan fingerprint density at radius 2 is 1.84 bits per heavy atom. The fraction of sp³-hybridized carbons (Fsp3) is 0.111. The first kappa shape index (κ1) is 16.8. The van der Waals surface area contributed by atoms with E-state index < -0.39 is 17.6 Å². The number of hydrogen-bond donors (Lipinski definition) is 1. The predicted octanol–water partition coefficient (Wildman–Crippen LogP) is 4.27. The number of nitrogens with one attached hydrogen (secondary N) is 1. The number of aromatic nitrogens is 1. The number of carbonyl (C=O) groups is 1. The van der Waals surface area contributed by atoms with Gasteiger partial charge < -0.3 is 10.1 Å². The van der Waals surface area contributed by atoms with Gasteiger partial charge in [-0.05, 0) is 36.4 Å². The number of nitrogens with zero attached hydrogens (tertiary/aromatic N) is 1. The molecule has 0 aliphatic rings. The smallest absolute Gasteiger partial charge is 0.416 e. The molecule has 0 radical (unpaired) electrons. The summed E-state index contributed by atoms with van der Waals surface area (Å²) in [4.78, 5) is 16.0. The number of amides is 1. The van der Waals surface area contributed by atoms with Crippen molar-refractivity contribution in [2.45, 2.75) is 6.18 Å². The Labute approximate surface area is 141 Å². The molecular weight excluding hydrogens is 333 g/mol.